The largest absolute Gasteiger partial charge is 0.435 e. The van der Waals surface area contributed by atoms with Crippen LogP contribution in [0.3, 0.4) is 0 Å². The lowest BCUT2D eigenvalue weighted by Crippen LogP contribution is -2.08. The Morgan fingerprint density at radius 1 is 1.17 bits per heavy atom. The molecule has 0 aliphatic carbocycles. The quantitative estimate of drug-likeness (QED) is 0.720. The van der Waals surface area contributed by atoms with Crippen molar-refractivity contribution in [3.05, 3.63) is 54.2 Å². The highest BCUT2D eigenvalue weighted by Gasteiger charge is 2.33. The Labute approximate surface area is 98.7 Å². The average Bonchev–Trinajstić information content (AvgIpc) is 2.71. The molecule has 0 saturated carbocycles. The fraction of sp³-hybridized carbons (Fsp3) is 0.0909. The highest BCUT2D eigenvalue weighted by Crippen LogP contribution is 2.28. The topological polar surface area (TPSA) is 17.8 Å². The first-order chi connectivity index (χ1) is 8.29. The van der Waals surface area contributed by atoms with Gasteiger partial charge < -0.3 is 0 Å². The van der Waals surface area contributed by atoms with E-state index in [9.17, 15) is 22.0 Å². The normalized spacial score (nSPS) is 11.9. The molecule has 0 atom stereocenters. The Bertz CT molecular complexity index is 586. The maximum absolute atomic E-state index is 13.2. The molecule has 2 rings (SSSR count). The zero-order valence-corrected chi connectivity index (χ0v) is 8.80. The van der Waals surface area contributed by atoms with Gasteiger partial charge in [-0.2, -0.15) is 18.3 Å². The van der Waals surface area contributed by atoms with E-state index >= 15 is 0 Å². The van der Waals surface area contributed by atoms with Crippen molar-refractivity contribution in [2.24, 2.45) is 0 Å². The van der Waals surface area contributed by atoms with Crippen LogP contribution < -0.4 is 0 Å². The number of alkyl halides is 3. The van der Waals surface area contributed by atoms with Crippen molar-refractivity contribution < 1.29 is 22.0 Å². The van der Waals surface area contributed by atoms with Crippen molar-refractivity contribution in [1.29, 1.82) is 0 Å². The molecule has 0 spiro atoms. The van der Waals surface area contributed by atoms with Gasteiger partial charge in [-0.3, -0.25) is 0 Å². The van der Waals surface area contributed by atoms with E-state index < -0.39 is 23.5 Å². The van der Waals surface area contributed by atoms with Gasteiger partial charge in [-0.25, -0.2) is 13.5 Å². The van der Waals surface area contributed by atoms with E-state index in [1.807, 2.05) is 0 Å². The highest BCUT2D eigenvalue weighted by atomic mass is 19.4. The number of hydrogen-bond acceptors (Lipinski definition) is 1. The fourth-order valence-corrected chi connectivity index (χ4v) is 1.40. The molecule has 1 radical (unpaired) electrons. The molecular formula is C11H6F5N2. The van der Waals surface area contributed by atoms with Crippen molar-refractivity contribution in [3.8, 4) is 5.69 Å². The molecule has 1 heterocycles. The summed E-state index contributed by atoms with van der Waals surface area (Å²) in [5, 5.41) is 3.21. The van der Waals surface area contributed by atoms with Crippen LogP contribution in [0.2, 0.25) is 0 Å². The van der Waals surface area contributed by atoms with Gasteiger partial charge >= 0.3 is 6.18 Å². The lowest BCUT2D eigenvalue weighted by molar-refractivity contribution is -0.141. The Balaban J connectivity index is 2.53. The minimum atomic E-state index is -4.61. The molecule has 0 aliphatic rings. The molecule has 0 amide bonds. The lowest BCUT2D eigenvalue weighted by Gasteiger charge is -2.07. The summed E-state index contributed by atoms with van der Waals surface area (Å²) < 4.78 is 63.9. The minimum Gasteiger partial charge on any atom is -0.240 e. The van der Waals surface area contributed by atoms with E-state index in [2.05, 4.69) is 12.0 Å². The van der Waals surface area contributed by atoms with Crippen LogP contribution >= 0.6 is 0 Å². The van der Waals surface area contributed by atoms with Crippen molar-refractivity contribution in [1.82, 2.24) is 9.78 Å². The van der Waals surface area contributed by atoms with Crippen LogP contribution in [0.5, 0.6) is 0 Å². The molecule has 0 saturated heterocycles. The van der Waals surface area contributed by atoms with Crippen LogP contribution in [0.1, 0.15) is 11.3 Å². The summed E-state index contributed by atoms with van der Waals surface area (Å²) in [5.41, 5.74) is -1.55. The van der Waals surface area contributed by atoms with Crippen molar-refractivity contribution in [2.75, 3.05) is 0 Å². The number of nitrogens with zero attached hydrogens (tertiary/aromatic N) is 2. The second-order valence-electron chi connectivity index (χ2n) is 3.53. The Morgan fingerprint density at radius 2 is 1.83 bits per heavy atom. The second kappa shape index (κ2) is 4.08. The first-order valence-corrected chi connectivity index (χ1v) is 4.73. The van der Waals surface area contributed by atoms with E-state index in [4.69, 9.17) is 0 Å². The third-order valence-corrected chi connectivity index (χ3v) is 2.26. The van der Waals surface area contributed by atoms with Gasteiger partial charge in [0, 0.05) is 23.9 Å². The maximum atomic E-state index is 13.2. The van der Waals surface area contributed by atoms with Crippen LogP contribution in [0.25, 0.3) is 5.69 Å². The molecule has 1 aromatic carbocycles. The van der Waals surface area contributed by atoms with Crippen LogP contribution in [0.4, 0.5) is 22.0 Å². The predicted molar refractivity (Wildman–Crippen MR) is 52.9 cm³/mol. The van der Waals surface area contributed by atoms with Crippen LogP contribution in [-0.4, -0.2) is 9.78 Å². The van der Waals surface area contributed by atoms with E-state index in [1.165, 1.54) is 0 Å². The Morgan fingerprint density at radius 3 is 2.39 bits per heavy atom. The smallest absolute Gasteiger partial charge is 0.240 e. The first-order valence-electron chi connectivity index (χ1n) is 4.73. The summed E-state index contributed by atoms with van der Waals surface area (Å²) in [6.45, 7) is 3.33. The Kier molecular flexibility index (Phi) is 2.84. The monoisotopic (exact) mass is 261 g/mol. The van der Waals surface area contributed by atoms with Gasteiger partial charge in [0.1, 0.15) is 11.6 Å². The van der Waals surface area contributed by atoms with Crippen molar-refractivity contribution in [2.45, 2.75) is 6.18 Å². The van der Waals surface area contributed by atoms with Crippen LogP contribution in [-0.2, 0) is 6.18 Å². The van der Waals surface area contributed by atoms with Crippen LogP contribution in [0.15, 0.2) is 24.4 Å². The van der Waals surface area contributed by atoms with Crippen molar-refractivity contribution in [3.63, 3.8) is 0 Å². The summed E-state index contributed by atoms with van der Waals surface area (Å²) >= 11 is 0. The van der Waals surface area contributed by atoms with Gasteiger partial charge in [0.2, 0.25) is 0 Å². The molecule has 0 N–H and O–H groups in total. The summed E-state index contributed by atoms with van der Waals surface area (Å²) in [6, 6.07) is 2.17. The summed E-state index contributed by atoms with van der Waals surface area (Å²) in [5.74, 6) is -1.87. The molecular weight excluding hydrogens is 255 g/mol. The molecule has 95 valence electrons. The van der Waals surface area contributed by atoms with E-state index in [0.29, 0.717) is 12.1 Å². The van der Waals surface area contributed by atoms with Gasteiger partial charge in [0.05, 0.1) is 5.69 Å². The second-order valence-corrected chi connectivity index (χ2v) is 3.53. The average molecular weight is 261 g/mol. The molecule has 18 heavy (non-hydrogen) atoms. The molecule has 7 heteroatoms. The molecule has 0 unspecified atom stereocenters. The van der Waals surface area contributed by atoms with Gasteiger partial charge in [-0.05, 0) is 13.0 Å². The lowest BCUT2D eigenvalue weighted by atomic mass is 10.2. The standard InChI is InChI=1S/C11H6F5N2/c1-6-8(13)4-7(12)5-9(6)18-3-2-10(17-18)11(14,15)16/h2-5H,1H2. The first kappa shape index (κ1) is 12.5. The molecule has 0 bridgehead atoms. The zero-order valence-electron chi connectivity index (χ0n) is 8.80. The van der Waals surface area contributed by atoms with E-state index in [1.54, 1.807) is 0 Å². The number of halogens is 5. The van der Waals surface area contributed by atoms with Crippen LogP contribution in [0, 0.1) is 18.6 Å². The molecule has 0 fully saturated rings. The highest BCUT2D eigenvalue weighted by molar-refractivity contribution is 5.43. The molecule has 2 nitrogen and oxygen atoms in total. The number of rotatable bonds is 1. The predicted octanol–water partition coefficient (Wildman–Crippen LogP) is 3.35. The van der Waals surface area contributed by atoms with Crippen molar-refractivity contribution >= 4 is 0 Å². The minimum absolute atomic E-state index is 0.178. The third-order valence-electron chi connectivity index (χ3n) is 2.26. The SMILES string of the molecule is [CH2]c1c(F)cc(F)cc1-n1ccc(C(F)(F)F)n1. The summed E-state index contributed by atoms with van der Waals surface area (Å²) in [4.78, 5) is 0. The number of hydrogen-bond donors (Lipinski definition) is 0. The maximum Gasteiger partial charge on any atom is 0.435 e. The van der Waals surface area contributed by atoms with Gasteiger partial charge in [-0.15, -0.1) is 0 Å². The number of aromatic nitrogens is 2. The fourth-order valence-electron chi connectivity index (χ4n) is 1.40. The van der Waals surface area contributed by atoms with E-state index in [-0.39, 0.29) is 11.3 Å². The van der Waals surface area contributed by atoms with E-state index in [0.717, 1.165) is 16.9 Å². The zero-order chi connectivity index (χ0) is 13.5. The number of benzene rings is 1. The third kappa shape index (κ3) is 2.20. The summed E-state index contributed by atoms with van der Waals surface area (Å²) in [6.07, 6.45) is -3.65. The van der Waals surface area contributed by atoms with Gasteiger partial charge in [-0.1, -0.05) is 0 Å². The van der Waals surface area contributed by atoms with Gasteiger partial charge in [0.15, 0.2) is 5.69 Å². The Hall–Kier alpha value is -1.92. The molecule has 2 aromatic rings. The molecule has 1 aromatic heterocycles. The molecule has 0 aliphatic heterocycles. The summed E-state index contributed by atoms with van der Waals surface area (Å²) in [7, 11) is 0. The van der Waals surface area contributed by atoms with Gasteiger partial charge in [0.25, 0.3) is 0 Å².